The van der Waals surface area contributed by atoms with Gasteiger partial charge in [0.05, 0.1) is 11.8 Å². The van der Waals surface area contributed by atoms with Crippen LogP contribution in [0, 0.1) is 5.82 Å². The molecule has 1 aliphatic heterocycles. The summed E-state index contributed by atoms with van der Waals surface area (Å²) in [7, 11) is 0. The lowest BCUT2D eigenvalue weighted by Crippen LogP contribution is -2.38. The molecule has 0 saturated heterocycles. The van der Waals surface area contributed by atoms with Crippen LogP contribution in [0.1, 0.15) is 29.1 Å². The Morgan fingerprint density at radius 3 is 3.00 bits per heavy atom. The first-order chi connectivity index (χ1) is 9.17. The molecular formula is C12H12FN5O. The molecular weight excluding hydrogens is 249 g/mol. The molecule has 1 unspecified atom stereocenters. The molecule has 2 aromatic rings. The third-order valence-electron chi connectivity index (χ3n) is 2.98. The molecule has 1 atom stereocenters. The Morgan fingerprint density at radius 2 is 2.26 bits per heavy atom. The van der Waals surface area contributed by atoms with Gasteiger partial charge in [-0.15, -0.1) is 5.10 Å². The van der Waals surface area contributed by atoms with E-state index in [1.54, 1.807) is 16.9 Å². The predicted octanol–water partition coefficient (Wildman–Crippen LogP) is 1.29. The lowest BCUT2D eigenvalue weighted by atomic mass is 10.1. The molecule has 1 aromatic carbocycles. The first-order valence-electron chi connectivity index (χ1n) is 5.94. The number of benzene rings is 1. The Kier molecular flexibility index (Phi) is 2.66. The molecule has 98 valence electrons. The minimum absolute atomic E-state index is 0.291. The normalized spacial score (nSPS) is 17.6. The number of hydrogen-bond acceptors (Lipinski definition) is 4. The van der Waals surface area contributed by atoms with Gasteiger partial charge in [-0.3, -0.25) is 9.48 Å². The zero-order valence-electron chi connectivity index (χ0n) is 10.2. The average Bonchev–Trinajstić information content (AvgIpc) is 2.88. The second kappa shape index (κ2) is 4.34. The maximum absolute atomic E-state index is 13.1. The van der Waals surface area contributed by atoms with E-state index in [0.29, 0.717) is 23.5 Å². The summed E-state index contributed by atoms with van der Waals surface area (Å²) >= 11 is 0. The number of anilines is 1. The van der Waals surface area contributed by atoms with Crippen molar-refractivity contribution in [2.75, 3.05) is 5.32 Å². The van der Waals surface area contributed by atoms with E-state index in [1.165, 1.54) is 12.1 Å². The van der Waals surface area contributed by atoms with Gasteiger partial charge in [-0.2, -0.15) is 0 Å². The van der Waals surface area contributed by atoms with Gasteiger partial charge in [0.2, 0.25) is 0 Å². The summed E-state index contributed by atoms with van der Waals surface area (Å²) in [6.07, 6.45) is 1.30. The van der Waals surface area contributed by atoms with E-state index in [1.807, 2.05) is 6.92 Å². The maximum atomic E-state index is 13.1. The number of aromatic nitrogens is 3. The van der Waals surface area contributed by atoms with Crippen LogP contribution in [0.15, 0.2) is 24.4 Å². The van der Waals surface area contributed by atoms with E-state index in [9.17, 15) is 9.18 Å². The van der Waals surface area contributed by atoms with Crippen LogP contribution in [0.5, 0.6) is 0 Å². The quantitative estimate of drug-likeness (QED) is 0.854. The van der Waals surface area contributed by atoms with Crippen molar-refractivity contribution in [2.45, 2.75) is 19.6 Å². The molecule has 6 nitrogen and oxygen atoms in total. The van der Waals surface area contributed by atoms with Gasteiger partial charge in [-0.05, 0) is 25.1 Å². The molecule has 2 N–H and O–H groups in total. The summed E-state index contributed by atoms with van der Waals surface area (Å²) in [5, 5.41) is 13.7. The van der Waals surface area contributed by atoms with Crippen LogP contribution in [0.2, 0.25) is 0 Å². The van der Waals surface area contributed by atoms with Crippen molar-refractivity contribution in [1.82, 2.24) is 20.3 Å². The summed E-state index contributed by atoms with van der Waals surface area (Å²) in [5.74, 6) is -0.768. The Morgan fingerprint density at radius 1 is 1.42 bits per heavy atom. The van der Waals surface area contributed by atoms with Gasteiger partial charge in [-0.1, -0.05) is 5.21 Å². The molecule has 0 radical (unpaired) electrons. The van der Waals surface area contributed by atoms with Crippen LogP contribution in [0.25, 0.3) is 0 Å². The van der Waals surface area contributed by atoms with Crippen LogP contribution in [-0.2, 0) is 6.54 Å². The summed E-state index contributed by atoms with van der Waals surface area (Å²) in [6.45, 7) is 2.65. The van der Waals surface area contributed by atoms with Crippen LogP contribution in [-0.4, -0.2) is 20.9 Å². The summed E-state index contributed by atoms with van der Waals surface area (Å²) in [6, 6.07) is 4.06. The van der Waals surface area contributed by atoms with Gasteiger partial charge in [0.1, 0.15) is 17.7 Å². The number of amides is 1. The molecule has 19 heavy (non-hydrogen) atoms. The van der Waals surface area contributed by atoms with Crippen LogP contribution in [0.3, 0.4) is 0 Å². The fourth-order valence-corrected chi connectivity index (χ4v) is 1.98. The molecule has 2 heterocycles. The number of carbonyl (C=O) groups excluding carboxylic acids is 1. The Labute approximate surface area is 108 Å². The molecule has 1 aliphatic rings. The van der Waals surface area contributed by atoms with Crippen molar-refractivity contribution in [3.8, 4) is 0 Å². The molecule has 1 aromatic heterocycles. The van der Waals surface area contributed by atoms with Crippen LogP contribution in [0.4, 0.5) is 10.1 Å². The second-order valence-corrected chi connectivity index (χ2v) is 4.24. The molecule has 0 spiro atoms. The number of carbonyl (C=O) groups is 1. The van der Waals surface area contributed by atoms with Crippen molar-refractivity contribution in [3.05, 3.63) is 41.5 Å². The third-order valence-corrected chi connectivity index (χ3v) is 2.98. The van der Waals surface area contributed by atoms with Crippen LogP contribution >= 0.6 is 0 Å². The van der Waals surface area contributed by atoms with Crippen molar-refractivity contribution in [2.24, 2.45) is 0 Å². The van der Waals surface area contributed by atoms with E-state index < -0.39 is 12.0 Å². The maximum Gasteiger partial charge on any atom is 0.255 e. The Balaban J connectivity index is 1.92. The van der Waals surface area contributed by atoms with Gasteiger partial charge < -0.3 is 10.6 Å². The molecule has 0 fully saturated rings. The number of aryl methyl sites for hydroxylation is 1. The Hall–Kier alpha value is -2.44. The standard InChI is InChI=1S/C12H12FN5O/c1-2-18-6-10(16-17-18)11-14-9-4-3-7(13)5-8(9)12(19)15-11/h3-6,11,14H,2H2,1H3,(H,15,19). The van der Waals surface area contributed by atoms with Crippen molar-refractivity contribution >= 4 is 11.6 Å². The molecule has 0 aliphatic carbocycles. The fraction of sp³-hybridized carbons (Fsp3) is 0.250. The fourth-order valence-electron chi connectivity index (χ4n) is 1.98. The summed E-state index contributed by atoms with van der Waals surface area (Å²) in [4.78, 5) is 11.9. The monoisotopic (exact) mass is 261 g/mol. The van der Waals surface area contributed by atoms with Gasteiger partial charge in [0.15, 0.2) is 0 Å². The molecule has 0 bridgehead atoms. The van der Waals surface area contributed by atoms with Crippen molar-refractivity contribution < 1.29 is 9.18 Å². The molecule has 3 rings (SSSR count). The van der Waals surface area contributed by atoms with Gasteiger partial charge in [0, 0.05) is 12.2 Å². The second-order valence-electron chi connectivity index (χ2n) is 4.24. The van der Waals surface area contributed by atoms with E-state index in [-0.39, 0.29) is 5.91 Å². The van der Waals surface area contributed by atoms with E-state index in [2.05, 4.69) is 20.9 Å². The smallest absolute Gasteiger partial charge is 0.255 e. The SMILES string of the molecule is CCn1cc(C2NC(=O)c3cc(F)ccc3N2)nn1. The molecule has 7 heteroatoms. The third kappa shape index (κ3) is 2.03. The molecule has 0 saturated carbocycles. The Bertz CT molecular complexity index is 639. The van der Waals surface area contributed by atoms with Gasteiger partial charge in [-0.25, -0.2) is 4.39 Å². The van der Waals surface area contributed by atoms with Crippen LogP contribution < -0.4 is 10.6 Å². The summed E-state index contributed by atoms with van der Waals surface area (Å²) < 4.78 is 14.8. The van der Waals surface area contributed by atoms with Gasteiger partial charge >= 0.3 is 0 Å². The minimum Gasteiger partial charge on any atom is -0.360 e. The predicted molar refractivity (Wildman–Crippen MR) is 65.9 cm³/mol. The zero-order chi connectivity index (χ0) is 13.4. The van der Waals surface area contributed by atoms with Gasteiger partial charge in [0.25, 0.3) is 5.91 Å². The lowest BCUT2D eigenvalue weighted by Gasteiger charge is -2.26. The topological polar surface area (TPSA) is 71.8 Å². The number of rotatable bonds is 2. The van der Waals surface area contributed by atoms with E-state index in [0.717, 1.165) is 0 Å². The lowest BCUT2D eigenvalue weighted by molar-refractivity contribution is 0.0934. The van der Waals surface area contributed by atoms with Crippen molar-refractivity contribution in [1.29, 1.82) is 0 Å². The summed E-state index contributed by atoms with van der Waals surface area (Å²) in [5.41, 5.74) is 1.49. The van der Waals surface area contributed by atoms with Crippen molar-refractivity contribution in [3.63, 3.8) is 0 Å². The highest BCUT2D eigenvalue weighted by molar-refractivity contribution is 6.01. The minimum atomic E-state index is -0.453. The highest BCUT2D eigenvalue weighted by Crippen LogP contribution is 2.26. The van der Waals surface area contributed by atoms with E-state index >= 15 is 0 Å². The zero-order valence-corrected chi connectivity index (χ0v) is 10.2. The highest BCUT2D eigenvalue weighted by Gasteiger charge is 2.26. The first kappa shape index (κ1) is 11.6. The highest BCUT2D eigenvalue weighted by atomic mass is 19.1. The number of fused-ring (bicyclic) bond motifs is 1. The number of nitrogens with one attached hydrogen (secondary N) is 2. The average molecular weight is 261 g/mol. The molecule has 1 amide bonds. The van der Waals surface area contributed by atoms with E-state index in [4.69, 9.17) is 0 Å². The number of hydrogen-bond donors (Lipinski definition) is 2. The number of nitrogens with zero attached hydrogens (tertiary/aromatic N) is 3. The number of halogens is 1. The first-order valence-corrected chi connectivity index (χ1v) is 5.94. The largest absolute Gasteiger partial charge is 0.360 e.